The highest BCUT2D eigenvalue weighted by atomic mass is 19.3. The summed E-state index contributed by atoms with van der Waals surface area (Å²) >= 11 is 0. The summed E-state index contributed by atoms with van der Waals surface area (Å²) in [5.41, 5.74) is 2.29. The molecule has 16 heavy (non-hydrogen) atoms. The molecule has 0 amide bonds. The molecule has 3 nitrogen and oxygen atoms in total. The van der Waals surface area contributed by atoms with Gasteiger partial charge in [-0.1, -0.05) is 12.1 Å². The second kappa shape index (κ2) is 4.30. The molecule has 0 unspecified atom stereocenters. The number of alkyl halides is 2. The second-order valence-electron chi connectivity index (χ2n) is 3.35. The van der Waals surface area contributed by atoms with E-state index in [1.165, 1.54) is 0 Å². The predicted octanol–water partition coefficient (Wildman–Crippen LogP) is 2.99. The summed E-state index contributed by atoms with van der Waals surface area (Å²) in [4.78, 5) is 0. The van der Waals surface area contributed by atoms with E-state index in [-0.39, 0.29) is 5.75 Å². The van der Waals surface area contributed by atoms with Crippen molar-refractivity contribution < 1.29 is 13.5 Å². The number of ether oxygens (including phenoxy) is 1. The Morgan fingerprint density at radius 2 is 2.12 bits per heavy atom. The number of H-pyrrole nitrogens is 1. The summed E-state index contributed by atoms with van der Waals surface area (Å²) in [6, 6.07) is 5.14. The third-order valence-corrected chi connectivity index (χ3v) is 2.24. The molecule has 0 fully saturated rings. The minimum Gasteiger partial charge on any atom is -0.435 e. The van der Waals surface area contributed by atoms with Gasteiger partial charge in [0.15, 0.2) is 0 Å². The third-order valence-electron chi connectivity index (χ3n) is 2.24. The first kappa shape index (κ1) is 10.6. The predicted molar refractivity (Wildman–Crippen MR) is 55.4 cm³/mol. The maximum Gasteiger partial charge on any atom is 0.387 e. The van der Waals surface area contributed by atoms with Gasteiger partial charge in [0.05, 0.1) is 6.20 Å². The quantitative estimate of drug-likeness (QED) is 0.870. The maximum atomic E-state index is 12.1. The lowest BCUT2D eigenvalue weighted by Crippen LogP contribution is -2.03. The zero-order valence-electron chi connectivity index (χ0n) is 8.58. The number of hydrogen-bond acceptors (Lipinski definition) is 2. The number of nitrogens with one attached hydrogen (secondary N) is 1. The molecule has 1 aromatic heterocycles. The van der Waals surface area contributed by atoms with E-state index in [0.717, 1.165) is 11.1 Å². The average Bonchev–Trinajstić information content (AvgIpc) is 2.73. The topological polar surface area (TPSA) is 37.9 Å². The molecule has 1 N–H and O–H groups in total. The molecule has 1 aromatic carbocycles. The first-order chi connectivity index (χ1) is 7.66. The highest BCUT2D eigenvalue weighted by Crippen LogP contribution is 2.27. The molecule has 0 aliphatic heterocycles. The molecule has 0 saturated carbocycles. The normalized spacial score (nSPS) is 10.8. The number of halogens is 2. The van der Waals surface area contributed by atoms with Gasteiger partial charge < -0.3 is 4.74 Å². The Hall–Kier alpha value is -1.91. The van der Waals surface area contributed by atoms with Crippen LogP contribution < -0.4 is 4.74 Å². The van der Waals surface area contributed by atoms with Gasteiger partial charge in [-0.05, 0) is 24.1 Å². The molecule has 2 aromatic rings. The molecular formula is C11H10F2N2O. The Balaban J connectivity index is 2.36. The van der Waals surface area contributed by atoms with E-state index in [0.29, 0.717) is 5.56 Å². The minimum absolute atomic E-state index is 0.189. The van der Waals surface area contributed by atoms with Gasteiger partial charge in [-0.25, -0.2) is 0 Å². The highest BCUT2D eigenvalue weighted by Gasteiger charge is 2.09. The van der Waals surface area contributed by atoms with Crippen LogP contribution in [0.15, 0.2) is 30.6 Å². The number of aromatic amines is 1. The van der Waals surface area contributed by atoms with Gasteiger partial charge in [0.25, 0.3) is 0 Å². The number of rotatable bonds is 3. The number of nitrogens with zero attached hydrogens (tertiary/aromatic N) is 1. The molecule has 0 spiro atoms. The fraction of sp³-hybridized carbons (Fsp3) is 0.182. The van der Waals surface area contributed by atoms with Crippen molar-refractivity contribution in [1.29, 1.82) is 0 Å². The molecule has 0 saturated heterocycles. The van der Waals surface area contributed by atoms with Gasteiger partial charge in [0.1, 0.15) is 5.75 Å². The second-order valence-corrected chi connectivity index (χ2v) is 3.35. The zero-order valence-corrected chi connectivity index (χ0v) is 8.58. The minimum atomic E-state index is -2.81. The SMILES string of the molecule is Cc1ccc(-c2cn[nH]c2)cc1OC(F)F. The van der Waals surface area contributed by atoms with Gasteiger partial charge >= 0.3 is 6.61 Å². The number of hydrogen-bond donors (Lipinski definition) is 1. The van der Waals surface area contributed by atoms with Crippen LogP contribution in [0.4, 0.5) is 8.78 Å². The Morgan fingerprint density at radius 3 is 2.75 bits per heavy atom. The largest absolute Gasteiger partial charge is 0.435 e. The smallest absolute Gasteiger partial charge is 0.387 e. The Bertz CT molecular complexity index is 469. The van der Waals surface area contributed by atoms with E-state index in [9.17, 15) is 8.78 Å². The molecule has 0 aliphatic rings. The standard InChI is InChI=1S/C11H10F2N2O/c1-7-2-3-8(9-5-14-15-6-9)4-10(7)16-11(12)13/h2-6,11H,1H3,(H,14,15). The summed E-state index contributed by atoms with van der Waals surface area (Å²) in [7, 11) is 0. The molecule has 2 rings (SSSR count). The van der Waals surface area contributed by atoms with Crippen molar-refractivity contribution in [1.82, 2.24) is 10.2 Å². The van der Waals surface area contributed by atoms with Crippen LogP contribution in [-0.4, -0.2) is 16.8 Å². The lowest BCUT2D eigenvalue weighted by atomic mass is 10.1. The average molecular weight is 224 g/mol. The van der Waals surface area contributed by atoms with Crippen molar-refractivity contribution in [3.8, 4) is 16.9 Å². The Morgan fingerprint density at radius 1 is 1.31 bits per heavy atom. The molecular weight excluding hydrogens is 214 g/mol. The first-order valence-electron chi connectivity index (χ1n) is 4.71. The lowest BCUT2D eigenvalue weighted by molar-refractivity contribution is -0.0502. The summed E-state index contributed by atoms with van der Waals surface area (Å²) in [6.45, 7) is -1.09. The number of aryl methyl sites for hydroxylation is 1. The van der Waals surface area contributed by atoms with Crippen LogP contribution in [0.5, 0.6) is 5.75 Å². The van der Waals surface area contributed by atoms with E-state index >= 15 is 0 Å². The highest BCUT2D eigenvalue weighted by molar-refractivity contribution is 5.64. The van der Waals surface area contributed by atoms with Crippen LogP contribution >= 0.6 is 0 Å². The summed E-state index contributed by atoms with van der Waals surface area (Å²) in [5, 5.41) is 6.46. The molecule has 84 valence electrons. The van der Waals surface area contributed by atoms with E-state index < -0.39 is 6.61 Å². The van der Waals surface area contributed by atoms with Crippen molar-refractivity contribution in [2.24, 2.45) is 0 Å². The first-order valence-corrected chi connectivity index (χ1v) is 4.71. The Kier molecular flexibility index (Phi) is 2.85. The molecule has 5 heteroatoms. The van der Waals surface area contributed by atoms with E-state index in [2.05, 4.69) is 14.9 Å². The van der Waals surface area contributed by atoms with Crippen LogP contribution in [-0.2, 0) is 0 Å². The van der Waals surface area contributed by atoms with Gasteiger partial charge in [-0.2, -0.15) is 13.9 Å². The van der Waals surface area contributed by atoms with Gasteiger partial charge in [0.2, 0.25) is 0 Å². The van der Waals surface area contributed by atoms with Crippen molar-refractivity contribution in [3.05, 3.63) is 36.2 Å². The van der Waals surface area contributed by atoms with Gasteiger partial charge in [-0.15, -0.1) is 0 Å². The van der Waals surface area contributed by atoms with Crippen molar-refractivity contribution >= 4 is 0 Å². The molecule has 0 radical (unpaired) electrons. The molecule has 0 atom stereocenters. The maximum absolute atomic E-state index is 12.1. The molecule has 0 aliphatic carbocycles. The molecule has 1 heterocycles. The van der Waals surface area contributed by atoms with Crippen molar-refractivity contribution in [2.45, 2.75) is 13.5 Å². The summed E-state index contributed by atoms with van der Waals surface area (Å²) in [6.07, 6.45) is 3.31. The monoisotopic (exact) mass is 224 g/mol. The van der Waals surface area contributed by atoms with Gasteiger partial charge in [0, 0.05) is 11.8 Å². The van der Waals surface area contributed by atoms with Crippen LogP contribution in [0, 0.1) is 6.92 Å². The van der Waals surface area contributed by atoms with Crippen LogP contribution in [0.2, 0.25) is 0 Å². The fourth-order valence-electron chi connectivity index (χ4n) is 1.41. The number of aromatic nitrogens is 2. The summed E-state index contributed by atoms with van der Waals surface area (Å²) in [5.74, 6) is 0.189. The van der Waals surface area contributed by atoms with E-state index in [1.54, 1.807) is 31.5 Å². The fourth-order valence-corrected chi connectivity index (χ4v) is 1.41. The number of benzene rings is 1. The van der Waals surface area contributed by atoms with Crippen molar-refractivity contribution in [3.63, 3.8) is 0 Å². The van der Waals surface area contributed by atoms with Crippen molar-refractivity contribution in [2.75, 3.05) is 0 Å². The van der Waals surface area contributed by atoms with Gasteiger partial charge in [-0.3, -0.25) is 5.10 Å². The van der Waals surface area contributed by atoms with Crippen LogP contribution in [0.1, 0.15) is 5.56 Å². The Labute approximate surface area is 91.1 Å². The van der Waals surface area contributed by atoms with E-state index in [4.69, 9.17) is 0 Å². The van der Waals surface area contributed by atoms with Crippen LogP contribution in [0.25, 0.3) is 11.1 Å². The van der Waals surface area contributed by atoms with E-state index in [1.807, 2.05) is 6.07 Å². The van der Waals surface area contributed by atoms with Crippen LogP contribution in [0.3, 0.4) is 0 Å². The third kappa shape index (κ3) is 2.18. The molecule has 0 bridgehead atoms. The zero-order chi connectivity index (χ0) is 11.5. The summed E-state index contributed by atoms with van der Waals surface area (Å²) < 4.78 is 28.7. The lowest BCUT2D eigenvalue weighted by Gasteiger charge is -2.09.